The maximum atomic E-state index is 13.0. The van der Waals surface area contributed by atoms with Crippen molar-refractivity contribution < 1.29 is 40.3 Å². The molecule has 0 bridgehead atoms. The standard InChI is InChI=1S/C14H13F7O2/c1-9(10-5-3-2-4-6-10)7-11(22)23-8-12(15,16)13(17,18)14(19,20)21/h2-6,9H,7-8H2,1H3. The molecule has 0 N–H and O–H groups in total. The first-order valence-corrected chi connectivity index (χ1v) is 6.41. The minimum absolute atomic E-state index is 0.433. The molecule has 0 aromatic heterocycles. The summed E-state index contributed by atoms with van der Waals surface area (Å²) < 4.78 is 90.8. The molecular formula is C14H13F7O2. The molecule has 0 aliphatic carbocycles. The second kappa shape index (κ2) is 6.76. The zero-order valence-corrected chi connectivity index (χ0v) is 11.8. The SMILES string of the molecule is CC(CC(=O)OCC(F)(F)C(F)(F)C(F)(F)F)c1ccccc1. The van der Waals surface area contributed by atoms with Crippen LogP contribution in [0.1, 0.15) is 24.8 Å². The third kappa shape index (κ3) is 4.59. The molecule has 0 saturated heterocycles. The van der Waals surface area contributed by atoms with E-state index in [1.165, 1.54) is 0 Å². The van der Waals surface area contributed by atoms with E-state index in [-0.39, 0.29) is 0 Å². The van der Waals surface area contributed by atoms with Crippen molar-refractivity contribution in [3.05, 3.63) is 35.9 Å². The molecule has 0 saturated carbocycles. The van der Waals surface area contributed by atoms with Crippen LogP contribution in [0.3, 0.4) is 0 Å². The Morgan fingerprint density at radius 2 is 1.57 bits per heavy atom. The smallest absolute Gasteiger partial charge is 0.459 e. The first-order valence-electron chi connectivity index (χ1n) is 6.41. The van der Waals surface area contributed by atoms with Crippen LogP contribution in [-0.2, 0) is 9.53 Å². The molecule has 0 aliphatic rings. The molecule has 1 unspecified atom stereocenters. The van der Waals surface area contributed by atoms with Gasteiger partial charge in [-0.1, -0.05) is 37.3 Å². The molecule has 0 heterocycles. The van der Waals surface area contributed by atoms with Crippen molar-refractivity contribution >= 4 is 5.97 Å². The van der Waals surface area contributed by atoms with E-state index in [4.69, 9.17) is 0 Å². The quantitative estimate of drug-likeness (QED) is 0.558. The Balaban J connectivity index is 2.62. The van der Waals surface area contributed by atoms with Gasteiger partial charge in [-0.3, -0.25) is 4.79 Å². The van der Waals surface area contributed by atoms with Gasteiger partial charge in [0.25, 0.3) is 0 Å². The van der Waals surface area contributed by atoms with E-state index < -0.39 is 42.9 Å². The van der Waals surface area contributed by atoms with Crippen LogP contribution in [0.4, 0.5) is 30.7 Å². The third-order valence-corrected chi connectivity index (χ3v) is 3.07. The number of benzene rings is 1. The van der Waals surface area contributed by atoms with Gasteiger partial charge in [-0.2, -0.15) is 30.7 Å². The van der Waals surface area contributed by atoms with Crippen molar-refractivity contribution in [1.82, 2.24) is 0 Å². The normalized spacial score (nSPS) is 14.4. The maximum absolute atomic E-state index is 13.0. The van der Waals surface area contributed by atoms with E-state index in [1.54, 1.807) is 37.3 Å². The van der Waals surface area contributed by atoms with Gasteiger partial charge in [0.2, 0.25) is 0 Å². The van der Waals surface area contributed by atoms with Crippen molar-refractivity contribution in [2.75, 3.05) is 6.61 Å². The summed E-state index contributed by atoms with van der Waals surface area (Å²) in [7, 11) is 0. The number of alkyl halides is 7. The summed E-state index contributed by atoms with van der Waals surface area (Å²) in [6, 6.07) is 8.31. The molecule has 1 atom stereocenters. The summed E-state index contributed by atoms with van der Waals surface area (Å²) in [6.45, 7) is -0.793. The fourth-order valence-corrected chi connectivity index (χ4v) is 1.68. The fourth-order valence-electron chi connectivity index (χ4n) is 1.68. The van der Waals surface area contributed by atoms with Crippen LogP contribution in [0, 0.1) is 0 Å². The van der Waals surface area contributed by atoms with E-state index in [0.29, 0.717) is 5.56 Å². The van der Waals surface area contributed by atoms with Crippen molar-refractivity contribution in [3.63, 3.8) is 0 Å². The molecule has 1 rings (SSSR count). The fraction of sp³-hybridized carbons (Fsp3) is 0.500. The highest BCUT2D eigenvalue weighted by Crippen LogP contribution is 2.46. The number of hydrogen-bond acceptors (Lipinski definition) is 2. The van der Waals surface area contributed by atoms with Crippen molar-refractivity contribution in [2.24, 2.45) is 0 Å². The summed E-state index contributed by atoms with van der Waals surface area (Å²) in [5.41, 5.74) is 0.664. The lowest BCUT2D eigenvalue weighted by Gasteiger charge is -2.27. The van der Waals surface area contributed by atoms with E-state index in [2.05, 4.69) is 4.74 Å². The van der Waals surface area contributed by atoms with Crippen LogP contribution >= 0.6 is 0 Å². The summed E-state index contributed by atoms with van der Waals surface area (Å²) >= 11 is 0. The van der Waals surface area contributed by atoms with Crippen molar-refractivity contribution in [1.29, 1.82) is 0 Å². The Labute approximate surface area is 127 Å². The van der Waals surface area contributed by atoms with Crippen LogP contribution in [-0.4, -0.2) is 30.6 Å². The molecule has 2 nitrogen and oxygen atoms in total. The van der Waals surface area contributed by atoms with Gasteiger partial charge in [-0.15, -0.1) is 0 Å². The molecule has 0 aliphatic heterocycles. The summed E-state index contributed by atoms with van der Waals surface area (Å²) in [6.07, 6.45) is -6.88. The number of ether oxygens (including phenoxy) is 1. The molecule has 130 valence electrons. The molecule has 1 aromatic rings. The largest absolute Gasteiger partial charge is 0.460 e. The molecule has 1 aromatic carbocycles. The van der Waals surface area contributed by atoms with Gasteiger partial charge in [0.05, 0.1) is 6.42 Å². The van der Waals surface area contributed by atoms with Gasteiger partial charge in [0.1, 0.15) is 0 Å². The van der Waals surface area contributed by atoms with Gasteiger partial charge in [0.15, 0.2) is 6.61 Å². The van der Waals surface area contributed by atoms with Gasteiger partial charge in [-0.25, -0.2) is 0 Å². The van der Waals surface area contributed by atoms with E-state index in [0.717, 1.165) is 0 Å². The maximum Gasteiger partial charge on any atom is 0.460 e. The van der Waals surface area contributed by atoms with Gasteiger partial charge < -0.3 is 4.74 Å². The zero-order chi connectivity index (χ0) is 17.9. The Morgan fingerprint density at radius 1 is 1.04 bits per heavy atom. The van der Waals surface area contributed by atoms with Crippen LogP contribution in [0.25, 0.3) is 0 Å². The van der Waals surface area contributed by atoms with Crippen molar-refractivity contribution in [2.45, 2.75) is 37.3 Å². The van der Waals surface area contributed by atoms with E-state index >= 15 is 0 Å². The highest BCUT2D eigenvalue weighted by atomic mass is 19.4. The topological polar surface area (TPSA) is 26.3 Å². The molecule has 0 radical (unpaired) electrons. The number of halogens is 7. The Kier molecular flexibility index (Phi) is 5.65. The van der Waals surface area contributed by atoms with E-state index in [9.17, 15) is 35.5 Å². The lowest BCUT2D eigenvalue weighted by atomic mass is 9.98. The van der Waals surface area contributed by atoms with Gasteiger partial charge >= 0.3 is 24.0 Å². The molecular weight excluding hydrogens is 333 g/mol. The van der Waals surface area contributed by atoms with Crippen molar-refractivity contribution in [3.8, 4) is 0 Å². The van der Waals surface area contributed by atoms with E-state index in [1.807, 2.05) is 0 Å². The van der Waals surface area contributed by atoms with Gasteiger partial charge in [-0.05, 0) is 11.5 Å². The minimum atomic E-state index is -6.44. The molecule has 0 amide bonds. The Bertz CT molecular complexity index is 526. The van der Waals surface area contributed by atoms with Gasteiger partial charge in [0, 0.05) is 0 Å². The average molecular weight is 346 g/mol. The number of hydrogen-bond donors (Lipinski definition) is 0. The number of rotatable bonds is 6. The highest BCUT2D eigenvalue weighted by molar-refractivity contribution is 5.70. The number of esters is 1. The second-order valence-corrected chi connectivity index (χ2v) is 4.95. The van der Waals surface area contributed by atoms with Crippen LogP contribution in [0.15, 0.2) is 30.3 Å². The Hall–Kier alpha value is -1.80. The summed E-state index contributed by atoms with van der Waals surface area (Å²) in [5, 5.41) is 0. The molecule has 0 spiro atoms. The minimum Gasteiger partial charge on any atom is -0.459 e. The number of carbonyl (C=O) groups is 1. The first-order chi connectivity index (χ1) is 10.4. The molecule has 23 heavy (non-hydrogen) atoms. The predicted octanol–water partition coefficient (Wildman–Crippen LogP) is 4.56. The predicted molar refractivity (Wildman–Crippen MR) is 66.4 cm³/mol. The lowest BCUT2D eigenvalue weighted by molar-refractivity contribution is -0.359. The molecule has 0 fully saturated rings. The zero-order valence-electron chi connectivity index (χ0n) is 11.8. The van der Waals surface area contributed by atoms with Crippen LogP contribution in [0.5, 0.6) is 0 Å². The average Bonchev–Trinajstić information content (AvgIpc) is 2.44. The molecule has 9 heteroatoms. The second-order valence-electron chi connectivity index (χ2n) is 4.95. The first kappa shape index (κ1) is 19.2. The summed E-state index contributed by atoms with van der Waals surface area (Å²) in [4.78, 5) is 11.4. The third-order valence-electron chi connectivity index (χ3n) is 3.07. The lowest BCUT2D eigenvalue weighted by Crippen LogP contribution is -2.54. The number of carbonyl (C=O) groups excluding carboxylic acids is 1. The monoisotopic (exact) mass is 346 g/mol. The van der Waals surface area contributed by atoms with Crippen LogP contribution in [0.2, 0.25) is 0 Å². The van der Waals surface area contributed by atoms with Crippen LogP contribution < -0.4 is 0 Å². The summed E-state index contributed by atoms with van der Waals surface area (Å²) in [5.74, 6) is -13.6. The Morgan fingerprint density at radius 3 is 2.04 bits per heavy atom. The highest BCUT2D eigenvalue weighted by Gasteiger charge is 2.73.